The van der Waals surface area contributed by atoms with Gasteiger partial charge in [-0.25, -0.2) is 0 Å². The first kappa shape index (κ1) is 17.8. The average molecular weight is 417 g/mol. The molecule has 7 heteroatoms. The molecule has 23 heavy (non-hydrogen) atoms. The molecule has 2 aromatic carbocycles. The van der Waals surface area contributed by atoms with Crippen LogP contribution in [0.25, 0.3) is 0 Å². The van der Waals surface area contributed by atoms with Gasteiger partial charge in [0.2, 0.25) is 0 Å². The minimum Gasteiger partial charge on any atom is -0.481 e. The number of hydrogen-bond acceptors (Lipinski definition) is 3. The molecule has 0 atom stereocenters. The standard InChI is InChI=1S/C16H12BrCl2NO3/c1-9(21)10-3-2-4-12(5-10)20-15(22)8-23-16-13(17)6-11(18)7-14(16)19/h2-7H,8H2,1H3,(H,20,22). The molecule has 0 aliphatic heterocycles. The van der Waals surface area contributed by atoms with Gasteiger partial charge < -0.3 is 10.1 Å². The van der Waals surface area contributed by atoms with Crippen molar-refractivity contribution in [1.82, 2.24) is 0 Å². The second kappa shape index (κ2) is 7.81. The van der Waals surface area contributed by atoms with Crippen molar-refractivity contribution in [2.45, 2.75) is 6.92 Å². The van der Waals surface area contributed by atoms with Gasteiger partial charge in [-0.3, -0.25) is 9.59 Å². The summed E-state index contributed by atoms with van der Waals surface area (Å²) in [5.74, 6) is -0.110. The number of Topliss-reactive ketones (excluding diaryl/α,β-unsaturated/α-hetero) is 1. The van der Waals surface area contributed by atoms with E-state index in [1.807, 2.05) is 0 Å². The van der Waals surface area contributed by atoms with Crippen molar-refractivity contribution in [2.24, 2.45) is 0 Å². The average Bonchev–Trinajstić information content (AvgIpc) is 2.46. The van der Waals surface area contributed by atoms with E-state index < -0.39 is 0 Å². The van der Waals surface area contributed by atoms with Crippen LogP contribution in [0, 0.1) is 0 Å². The number of rotatable bonds is 5. The summed E-state index contributed by atoms with van der Waals surface area (Å²) < 4.78 is 5.97. The topological polar surface area (TPSA) is 55.4 Å². The van der Waals surface area contributed by atoms with E-state index in [0.717, 1.165) is 0 Å². The SMILES string of the molecule is CC(=O)c1cccc(NC(=O)COc2c(Cl)cc(Cl)cc2Br)c1. The Balaban J connectivity index is 2.01. The third kappa shape index (κ3) is 4.96. The molecule has 0 heterocycles. The Morgan fingerprint density at radius 3 is 2.61 bits per heavy atom. The molecule has 0 aromatic heterocycles. The molecule has 0 spiro atoms. The van der Waals surface area contributed by atoms with Gasteiger partial charge in [-0.1, -0.05) is 35.3 Å². The first-order valence-corrected chi connectivity index (χ1v) is 8.10. The number of nitrogens with one attached hydrogen (secondary N) is 1. The molecule has 0 fully saturated rings. The van der Waals surface area contributed by atoms with E-state index >= 15 is 0 Å². The molecule has 4 nitrogen and oxygen atoms in total. The maximum atomic E-state index is 12.0. The van der Waals surface area contributed by atoms with E-state index in [1.165, 1.54) is 13.0 Å². The van der Waals surface area contributed by atoms with E-state index in [-0.39, 0.29) is 18.3 Å². The first-order chi connectivity index (χ1) is 10.9. The van der Waals surface area contributed by atoms with E-state index in [1.54, 1.807) is 30.3 Å². The first-order valence-electron chi connectivity index (χ1n) is 6.55. The highest BCUT2D eigenvalue weighted by Gasteiger charge is 2.11. The monoisotopic (exact) mass is 415 g/mol. The number of amides is 1. The van der Waals surface area contributed by atoms with Crippen LogP contribution in [0.3, 0.4) is 0 Å². The van der Waals surface area contributed by atoms with E-state index in [0.29, 0.717) is 31.5 Å². The summed E-state index contributed by atoms with van der Waals surface area (Å²) in [6, 6.07) is 9.81. The lowest BCUT2D eigenvalue weighted by molar-refractivity contribution is -0.118. The van der Waals surface area contributed by atoms with Crippen LogP contribution in [0.5, 0.6) is 5.75 Å². The molecular weight excluding hydrogens is 405 g/mol. The zero-order chi connectivity index (χ0) is 17.0. The van der Waals surface area contributed by atoms with E-state index in [2.05, 4.69) is 21.2 Å². The van der Waals surface area contributed by atoms with Gasteiger partial charge in [0, 0.05) is 16.3 Å². The molecule has 0 aliphatic rings. The second-order valence-corrected chi connectivity index (χ2v) is 6.37. The third-order valence-corrected chi connectivity index (χ3v) is 3.95. The summed E-state index contributed by atoms with van der Waals surface area (Å²) in [4.78, 5) is 23.3. The predicted octanol–water partition coefficient (Wildman–Crippen LogP) is 4.98. The van der Waals surface area contributed by atoms with Gasteiger partial charge in [0.1, 0.15) is 0 Å². The largest absolute Gasteiger partial charge is 0.481 e. The molecule has 2 rings (SSSR count). The van der Waals surface area contributed by atoms with E-state index in [4.69, 9.17) is 27.9 Å². The quantitative estimate of drug-likeness (QED) is 0.699. The van der Waals surface area contributed by atoms with Gasteiger partial charge in [0.25, 0.3) is 5.91 Å². The Morgan fingerprint density at radius 1 is 1.22 bits per heavy atom. The Kier molecular flexibility index (Phi) is 6.04. The zero-order valence-electron chi connectivity index (χ0n) is 12.0. The Morgan fingerprint density at radius 2 is 1.96 bits per heavy atom. The van der Waals surface area contributed by atoms with Crippen LogP contribution in [0.4, 0.5) is 5.69 Å². The van der Waals surface area contributed by atoms with E-state index in [9.17, 15) is 9.59 Å². The number of anilines is 1. The van der Waals surface area contributed by atoms with Gasteiger partial charge in [-0.2, -0.15) is 0 Å². The van der Waals surface area contributed by atoms with Gasteiger partial charge in [0.15, 0.2) is 18.1 Å². The highest BCUT2D eigenvalue weighted by atomic mass is 79.9. The Labute approximate surface area is 151 Å². The maximum absolute atomic E-state index is 12.0. The lowest BCUT2D eigenvalue weighted by atomic mass is 10.1. The number of benzene rings is 2. The predicted molar refractivity (Wildman–Crippen MR) is 94.7 cm³/mol. The van der Waals surface area contributed by atoms with Crippen molar-refractivity contribution in [3.63, 3.8) is 0 Å². The molecule has 0 saturated carbocycles. The lowest BCUT2D eigenvalue weighted by Crippen LogP contribution is -2.20. The maximum Gasteiger partial charge on any atom is 0.262 e. The minimum absolute atomic E-state index is 0.0748. The summed E-state index contributed by atoms with van der Waals surface area (Å²) in [5, 5.41) is 3.42. The number of carbonyl (C=O) groups is 2. The summed E-state index contributed by atoms with van der Waals surface area (Å²) in [7, 11) is 0. The summed E-state index contributed by atoms with van der Waals surface area (Å²) in [5.41, 5.74) is 1.04. The van der Waals surface area contributed by atoms with Crippen LogP contribution in [-0.4, -0.2) is 18.3 Å². The molecule has 1 N–H and O–H groups in total. The van der Waals surface area contributed by atoms with Crippen molar-refractivity contribution >= 4 is 56.5 Å². The third-order valence-electron chi connectivity index (χ3n) is 2.86. The number of hydrogen-bond donors (Lipinski definition) is 1. The van der Waals surface area contributed by atoms with Crippen molar-refractivity contribution in [3.05, 3.63) is 56.5 Å². The van der Waals surface area contributed by atoms with Crippen LogP contribution in [-0.2, 0) is 4.79 Å². The molecule has 0 saturated heterocycles. The highest BCUT2D eigenvalue weighted by Crippen LogP contribution is 2.35. The van der Waals surface area contributed by atoms with Crippen LogP contribution in [0.2, 0.25) is 10.0 Å². The van der Waals surface area contributed by atoms with Crippen molar-refractivity contribution in [2.75, 3.05) is 11.9 Å². The number of ketones is 1. The smallest absolute Gasteiger partial charge is 0.262 e. The van der Waals surface area contributed by atoms with Crippen LogP contribution >= 0.6 is 39.1 Å². The molecule has 0 bridgehead atoms. The summed E-state index contributed by atoms with van der Waals surface area (Å²) in [6.45, 7) is 1.23. The van der Waals surface area contributed by atoms with Crippen molar-refractivity contribution in [3.8, 4) is 5.75 Å². The molecule has 120 valence electrons. The fourth-order valence-electron chi connectivity index (χ4n) is 1.82. The van der Waals surface area contributed by atoms with Crippen LogP contribution in [0.1, 0.15) is 17.3 Å². The number of halogens is 3. The molecule has 2 aromatic rings. The van der Waals surface area contributed by atoms with Gasteiger partial charge in [-0.05, 0) is 47.1 Å². The Hall–Kier alpha value is -1.56. The Bertz CT molecular complexity index is 742. The van der Waals surface area contributed by atoms with Gasteiger partial charge in [-0.15, -0.1) is 0 Å². The summed E-state index contributed by atoms with van der Waals surface area (Å²) in [6.07, 6.45) is 0. The molecule has 1 amide bonds. The summed E-state index contributed by atoms with van der Waals surface area (Å²) >= 11 is 15.2. The fourth-order valence-corrected chi connectivity index (χ4v) is 3.19. The van der Waals surface area contributed by atoms with Crippen molar-refractivity contribution < 1.29 is 14.3 Å². The van der Waals surface area contributed by atoms with Gasteiger partial charge >= 0.3 is 0 Å². The second-order valence-electron chi connectivity index (χ2n) is 4.67. The fraction of sp³-hybridized carbons (Fsp3) is 0.125. The number of carbonyl (C=O) groups excluding carboxylic acids is 2. The molecule has 0 aliphatic carbocycles. The molecular formula is C16H12BrCl2NO3. The lowest BCUT2D eigenvalue weighted by Gasteiger charge is -2.11. The molecule has 0 unspecified atom stereocenters. The van der Waals surface area contributed by atoms with Crippen molar-refractivity contribution in [1.29, 1.82) is 0 Å². The normalized spacial score (nSPS) is 10.3. The minimum atomic E-state index is -0.372. The zero-order valence-corrected chi connectivity index (χ0v) is 15.1. The van der Waals surface area contributed by atoms with Crippen LogP contribution < -0.4 is 10.1 Å². The van der Waals surface area contributed by atoms with Crippen LogP contribution in [0.15, 0.2) is 40.9 Å². The highest BCUT2D eigenvalue weighted by molar-refractivity contribution is 9.10. The molecule has 0 radical (unpaired) electrons. The van der Waals surface area contributed by atoms with Gasteiger partial charge in [0.05, 0.1) is 9.50 Å². The number of ether oxygens (including phenoxy) is 1.